The van der Waals surface area contributed by atoms with Crippen molar-refractivity contribution in [3.8, 4) is 33.8 Å². The lowest BCUT2D eigenvalue weighted by Crippen LogP contribution is -2.62. The molecule has 19 nitrogen and oxygen atoms in total. The fourth-order valence-electron chi connectivity index (χ4n) is 19.7. The van der Waals surface area contributed by atoms with Gasteiger partial charge >= 0.3 is 0 Å². The largest absolute Gasteiger partial charge is 0.496 e. The van der Waals surface area contributed by atoms with Crippen LogP contribution in [0.3, 0.4) is 0 Å². The number of aliphatic hydroxyl groups excluding tert-OH is 2. The summed E-state index contributed by atoms with van der Waals surface area (Å²) < 4.78 is 12.2. The summed E-state index contributed by atoms with van der Waals surface area (Å²) in [5, 5.41) is 37.9. The molecule has 590 valence electrons. The second kappa shape index (κ2) is 35.3. The molecule has 4 amide bonds. The average Bonchev–Trinajstić information content (AvgIpc) is 1.40. The molecule has 2 aliphatic heterocycles. The third-order valence-corrected chi connectivity index (χ3v) is 25.8. The molecule has 0 unspecified atom stereocenters. The van der Waals surface area contributed by atoms with Crippen molar-refractivity contribution >= 4 is 29.3 Å². The van der Waals surface area contributed by atoms with E-state index in [2.05, 4.69) is 125 Å². The number of carbonyl (C=O) groups is 4. The van der Waals surface area contributed by atoms with Crippen LogP contribution in [0.1, 0.15) is 138 Å². The maximum absolute atomic E-state index is 14.4. The van der Waals surface area contributed by atoms with Crippen LogP contribution in [0.25, 0.3) is 22.3 Å². The Hall–Kier alpha value is -7.72. The van der Waals surface area contributed by atoms with Crippen LogP contribution in [0.2, 0.25) is 0 Å². The summed E-state index contributed by atoms with van der Waals surface area (Å²) in [6, 6.07) is 44.9. The van der Waals surface area contributed by atoms with Gasteiger partial charge in [-0.05, 0) is 171 Å². The maximum atomic E-state index is 14.4. The summed E-state index contributed by atoms with van der Waals surface area (Å²) in [4.78, 5) is 75.3. The zero-order chi connectivity index (χ0) is 78.5. The number of hydroxylamine groups is 4. The van der Waals surface area contributed by atoms with Crippen LogP contribution in [-0.4, -0.2) is 185 Å². The first-order chi connectivity index (χ1) is 51.9. The minimum absolute atomic E-state index is 0.0313. The van der Waals surface area contributed by atoms with E-state index in [0.29, 0.717) is 88.5 Å². The van der Waals surface area contributed by atoms with Crippen molar-refractivity contribution in [2.24, 2.45) is 70.0 Å². The van der Waals surface area contributed by atoms with Crippen molar-refractivity contribution < 1.29 is 48.5 Å². The van der Waals surface area contributed by atoms with E-state index in [1.165, 1.54) is 24.0 Å². The average molecular weight is 1490 g/mol. The molecule has 0 radical (unpaired) electrons. The van der Waals surface area contributed by atoms with Crippen molar-refractivity contribution in [1.29, 1.82) is 0 Å². The molecule has 0 spiro atoms. The molecule has 16 atom stereocenters. The van der Waals surface area contributed by atoms with Crippen molar-refractivity contribution in [3.05, 3.63) is 173 Å². The zero-order valence-corrected chi connectivity index (χ0v) is 68.1. The number of para-hydroxylation sites is 2. The smallest absolute Gasteiger partial charge is 0.253 e. The van der Waals surface area contributed by atoms with Gasteiger partial charge in [0.05, 0.1) is 46.1 Å². The van der Waals surface area contributed by atoms with Crippen molar-refractivity contribution in [3.63, 3.8) is 0 Å². The molecular formula is C90H125N9O10. The molecule has 6 N–H and O–H groups in total. The van der Waals surface area contributed by atoms with Gasteiger partial charge in [0, 0.05) is 96.7 Å². The van der Waals surface area contributed by atoms with E-state index in [1.54, 1.807) is 24.3 Å². The summed E-state index contributed by atoms with van der Waals surface area (Å²) in [5.41, 5.74) is 10.1. The fourth-order valence-corrected chi connectivity index (χ4v) is 19.7. The molecule has 4 bridgehead atoms. The van der Waals surface area contributed by atoms with Gasteiger partial charge in [0.2, 0.25) is 11.8 Å². The second-order valence-corrected chi connectivity index (χ2v) is 34.9. The molecule has 6 saturated carbocycles. The highest BCUT2D eigenvalue weighted by molar-refractivity contribution is 6.01. The van der Waals surface area contributed by atoms with Gasteiger partial charge in [-0.3, -0.25) is 28.9 Å². The second-order valence-electron chi connectivity index (χ2n) is 34.9. The summed E-state index contributed by atoms with van der Waals surface area (Å²) in [6.07, 6.45) is 4.94. The number of hydrogen-bond donors (Lipinski definition) is 6. The van der Waals surface area contributed by atoms with E-state index < -0.39 is 24.3 Å². The van der Waals surface area contributed by atoms with Gasteiger partial charge in [0.15, 0.2) is 0 Å². The molecule has 8 aliphatic rings. The first kappa shape index (κ1) is 82.2. The third kappa shape index (κ3) is 18.1. The molecule has 6 aromatic rings. The lowest BCUT2D eigenvalue weighted by molar-refractivity contribution is -0.183. The number of anilines is 1. The molecule has 0 aromatic heterocycles. The number of nitrogens with one attached hydrogen (secondary N) is 4. The number of nitrogens with zero attached hydrogens (tertiary/aromatic N) is 5. The predicted octanol–water partition coefficient (Wildman–Crippen LogP) is 12.5. The van der Waals surface area contributed by atoms with Crippen LogP contribution in [0, 0.1) is 70.0 Å². The Labute approximate surface area is 649 Å². The van der Waals surface area contributed by atoms with E-state index in [-0.39, 0.29) is 91.2 Å². The Morgan fingerprint density at radius 1 is 0.532 bits per heavy atom. The number of amides is 4. The maximum Gasteiger partial charge on any atom is 0.253 e. The van der Waals surface area contributed by atoms with Gasteiger partial charge in [-0.15, -0.1) is 0 Å². The van der Waals surface area contributed by atoms with Gasteiger partial charge < -0.3 is 55.7 Å². The molecule has 6 aromatic carbocycles. The van der Waals surface area contributed by atoms with Gasteiger partial charge in [-0.25, -0.2) is 0 Å². The number of likely N-dealkylation sites (N-methyl/N-ethyl adjacent to an activating group) is 2. The molecule has 2 heterocycles. The lowest BCUT2D eigenvalue weighted by atomic mass is 9.45. The molecular weight excluding hydrogens is 1370 g/mol. The summed E-state index contributed by atoms with van der Waals surface area (Å²) in [7, 11) is 15.3. The van der Waals surface area contributed by atoms with Crippen molar-refractivity contribution in [2.75, 3.05) is 87.7 Å². The predicted molar refractivity (Wildman–Crippen MR) is 433 cm³/mol. The Kier molecular flexibility index (Phi) is 26.7. The topological polar surface area (TPSA) is 210 Å². The number of rotatable bonds is 29. The number of carbonyl (C=O) groups excluding carboxylic acids is 4. The number of fused-ring (bicyclic) bond motifs is 4. The summed E-state index contributed by atoms with van der Waals surface area (Å²) >= 11 is 0. The minimum Gasteiger partial charge on any atom is -0.496 e. The highest BCUT2D eigenvalue weighted by Gasteiger charge is 2.59. The van der Waals surface area contributed by atoms with Gasteiger partial charge in [0.1, 0.15) is 35.8 Å². The molecule has 6 aliphatic carbocycles. The van der Waals surface area contributed by atoms with Crippen molar-refractivity contribution in [1.82, 2.24) is 41.2 Å². The minimum atomic E-state index is -0.584. The van der Waals surface area contributed by atoms with Crippen LogP contribution in [0.5, 0.6) is 11.5 Å². The zero-order valence-electron chi connectivity index (χ0n) is 68.1. The third-order valence-electron chi connectivity index (χ3n) is 25.8. The van der Waals surface area contributed by atoms with E-state index in [1.807, 2.05) is 162 Å². The van der Waals surface area contributed by atoms with Gasteiger partial charge in [-0.2, -0.15) is 10.1 Å². The van der Waals surface area contributed by atoms with E-state index in [9.17, 15) is 29.4 Å². The van der Waals surface area contributed by atoms with Gasteiger partial charge in [0.25, 0.3) is 11.8 Å². The Morgan fingerprint density at radius 2 is 0.945 bits per heavy atom. The van der Waals surface area contributed by atoms with Crippen LogP contribution in [0.15, 0.2) is 140 Å². The van der Waals surface area contributed by atoms with Crippen LogP contribution >= 0.6 is 0 Å². The SMILES string of the molecule is COc1c(CN2O[C@@H](CO)[C@@H](C(C)C)[C@H]2C(=O)N[C@H]2C[C@H]3C[C@@H]([C@@H]2C)C3(C)C)cccc1-c1ccc(C(=O)N[C@@H](Cc2ccccc2)CN(C)C)cc1.COc1c(CN2O[C@@H](CO)[C@H](C(C)C)[C@H]2C(=O)N[C@H]2C[C@H]3C[C@@H]([C@@H]2C)C3(C)C)cccc1-c1ccc(N(C)C)c(C(=O)N[C@@H](Cc2ccccc2)CN(C)C)c1. The quantitative estimate of drug-likeness (QED) is 0.0258. The molecule has 2 saturated heterocycles. The van der Waals surface area contributed by atoms with E-state index >= 15 is 0 Å². The molecule has 19 heteroatoms. The Morgan fingerprint density at radius 3 is 1.32 bits per heavy atom. The Balaban J connectivity index is 0.000000217. The van der Waals surface area contributed by atoms with Gasteiger partial charge in [-0.1, -0.05) is 184 Å². The standard InChI is InChI=1S/C46H65N5O5.C44H60N4O5/c1-28(2)41-40(27-52)56-51(42(41)45(54)48-38-24-33-23-37(29(38)3)46(33,4)5)25-32-17-14-18-35(43(32)55-10)31-19-20-39(50(8)9)36(22-31)44(53)47-34(26-49(6)7)21-30-15-12-11-13-16-30;1-27(2)39-38(26-49)53-48(40(39)43(51)46-37-23-33-22-36(28(37)3)44(33,4)5)24-32-15-12-16-35(41(32)52-8)30-17-19-31(20-18-30)42(50)45-34(25-47(6)7)21-29-13-10-9-11-14-29/h11-20,22,28-29,33-34,37-38,40-42,52H,21,23-27H2,1-10H3,(H,47,53)(H,48,54);9-20,27-28,33-34,36-40,49H,21-26H2,1-8H3,(H,45,50)(H,46,51)/t29-,33+,34-,37-,38-,40-,41-,42-;28-,33+,34-,36-,37-,38-,39+,40-/m00/s1. The molecule has 109 heavy (non-hydrogen) atoms. The highest BCUT2D eigenvalue weighted by Crippen LogP contribution is 2.62. The van der Waals surface area contributed by atoms with Crippen LogP contribution in [0.4, 0.5) is 5.69 Å². The van der Waals surface area contributed by atoms with Crippen molar-refractivity contribution in [2.45, 2.75) is 169 Å². The number of ether oxygens (including phenoxy) is 2. The fraction of sp³-hybridized carbons (Fsp3) is 0.556. The first-order valence-electron chi connectivity index (χ1n) is 39.9. The number of hydrogen-bond acceptors (Lipinski definition) is 15. The van der Waals surface area contributed by atoms with Crippen LogP contribution < -0.4 is 35.6 Å². The van der Waals surface area contributed by atoms with Crippen LogP contribution in [-0.2, 0) is 45.2 Å². The summed E-state index contributed by atoms with van der Waals surface area (Å²) in [6.45, 7) is 24.1. The Bertz CT molecular complexity index is 4060. The summed E-state index contributed by atoms with van der Waals surface area (Å²) in [5.74, 6) is 4.10. The number of methoxy groups -OCH3 is 2. The highest BCUT2D eigenvalue weighted by atomic mass is 16.7. The van der Waals surface area contributed by atoms with E-state index in [0.717, 1.165) is 64.9 Å². The molecule has 14 rings (SSSR count). The normalized spacial score (nSPS) is 26.5. The molecule has 8 fully saturated rings. The van der Waals surface area contributed by atoms with E-state index in [4.69, 9.17) is 19.1 Å². The number of benzene rings is 6. The monoisotopic (exact) mass is 1490 g/mol. The first-order valence-corrected chi connectivity index (χ1v) is 39.9. The lowest BCUT2D eigenvalue weighted by Gasteiger charge is -2.62. The number of aliphatic hydroxyl groups is 2.